The Morgan fingerprint density at radius 1 is 1.14 bits per heavy atom. The number of aromatic nitrogens is 4. The van der Waals surface area contributed by atoms with Crippen LogP contribution < -0.4 is 9.64 Å². The van der Waals surface area contributed by atoms with Crippen LogP contribution in [0.3, 0.4) is 0 Å². The molecule has 2 bridgehead atoms. The summed E-state index contributed by atoms with van der Waals surface area (Å²) in [5.41, 5.74) is -0.202. The van der Waals surface area contributed by atoms with Crippen molar-refractivity contribution in [3.63, 3.8) is 0 Å². The molecule has 14 heteroatoms. The Morgan fingerprint density at radius 3 is 2.62 bits per heavy atom. The molecule has 0 spiro atoms. The fourth-order valence-corrected chi connectivity index (χ4v) is 6.07. The van der Waals surface area contributed by atoms with Gasteiger partial charge in [0, 0.05) is 40.4 Å². The number of carbonyl (C=O) groups is 1. The molecular formula is C28H23F5N6O3. The van der Waals surface area contributed by atoms with E-state index < -0.39 is 56.4 Å². The van der Waals surface area contributed by atoms with Gasteiger partial charge >= 0.3 is 12.8 Å². The lowest BCUT2D eigenvalue weighted by atomic mass is 9.94. The van der Waals surface area contributed by atoms with Gasteiger partial charge < -0.3 is 24.2 Å². The van der Waals surface area contributed by atoms with E-state index in [4.69, 9.17) is 8.85 Å². The summed E-state index contributed by atoms with van der Waals surface area (Å²) in [7, 11) is 0. The average molecular weight is 590 g/mol. The average Bonchev–Trinajstić information content (AvgIpc) is 3.42. The Bertz CT molecular complexity index is 1880. The second kappa shape index (κ2) is 8.84. The molecule has 1 saturated heterocycles. The molecule has 3 aliphatic heterocycles. The maximum absolute atomic E-state index is 13.6. The van der Waals surface area contributed by atoms with Gasteiger partial charge in [-0.05, 0) is 36.8 Å². The number of β-amino-alcohol motifs (C(OH)–C–C–N with tert-alkyl or cyclic N) is 1. The van der Waals surface area contributed by atoms with E-state index in [9.17, 15) is 31.9 Å². The van der Waals surface area contributed by atoms with E-state index in [-0.39, 0.29) is 35.1 Å². The molecule has 0 unspecified atom stereocenters. The van der Waals surface area contributed by atoms with E-state index in [2.05, 4.69) is 15.0 Å². The highest BCUT2D eigenvalue weighted by Gasteiger charge is 2.61. The van der Waals surface area contributed by atoms with Crippen LogP contribution in [-0.2, 0) is 0 Å². The number of ether oxygens (including phenoxy) is 1. The number of amides is 1. The molecule has 2 aromatic heterocycles. The zero-order valence-electron chi connectivity index (χ0n) is 24.7. The number of fused-ring (bicyclic) bond motifs is 9. The molecule has 7 rings (SSSR count). The highest BCUT2D eigenvalue weighted by atomic mass is 19.4. The molecule has 1 amide bonds. The van der Waals surface area contributed by atoms with Crippen LogP contribution in [0.4, 0.5) is 27.9 Å². The Hall–Kier alpha value is -4.33. The first-order valence-corrected chi connectivity index (χ1v) is 12.9. The van der Waals surface area contributed by atoms with Crippen molar-refractivity contribution >= 4 is 22.9 Å². The van der Waals surface area contributed by atoms with Gasteiger partial charge in [-0.15, -0.1) is 0 Å². The normalized spacial score (nSPS) is 22.3. The number of aryl methyl sites for hydroxylation is 1. The first kappa shape index (κ1) is 23.3. The lowest BCUT2D eigenvalue weighted by molar-refractivity contribution is -0.267. The topological polar surface area (TPSA) is 96.6 Å². The molecule has 2 aromatic carbocycles. The summed E-state index contributed by atoms with van der Waals surface area (Å²) in [6.07, 6.45) is -3.27. The van der Waals surface area contributed by atoms with Crippen LogP contribution in [0.1, 0.15) is 50.1 Å². The van der Waals surface area contributed by atoms with Crippen LogP contribution in [0, 0.1) is 6.92 Å². The standard InChI is InChI=1S/C28H23F5N6O3/c1-13-16(10-34-26(35-13)38-11-27(41,12-38)28(31,32)33)14-6-7-17-18(8-14)39-19-9-20(23(39)36-17)37(2)24(40)15-4-3-5-21(22(15)19)42-25(29)30/h3-8,10,19-20,25,41H,9,11-12H2,1-2H3/t19-,20-/m1/s1/i2D3. The van der Waals surface area contributed by atoms with E-state index in [0.717, 1.165) is 4.90 Å². The molecule has 0 aliphatic carbocycles. The zero-order chi connectivity index (χ0) is 32.2. The van der Waals surface area contributed by atoms with Crippen LogP contribution in [0.15, 0.2) is 42.6 Å². The highest BCUT2D eigenvalue weighted by Crippen LogP contribution is 2.50. The first-order valence-electron chi connectivity index (χ1n) is 14.4. The lowest BCUT2D eigenvalue weighted by Crippen LogP contribution is -2.69. The minimum atomic E-state index is -4.78. The summed E-state index contributed by atoms with van der Waals surface area (Å²) >= 11 is 0. The van der Waals surface area contributed by atoms with Gasteiger partial charge in [-0.1, -0.05) is 12.1 Å². The summed E-state index contributed by atoms with van der Waals surface area (Å²) < 4.78 is 97.1. The summed E-state index contributed by atoms with van der Waals surface area (Å²) in [6, 6.07) is 7.42. The molecule has 0 saturated carbocycles. The molecule has 1 fully saturated rings. The molecule has 3 aliphatic rings. The number of aliphatic hydroxyl groups is 1. The van der Waals surface area contributed by atoms with Gasteiger partial charge in [0.05, 0.1) is 41.9 Å². The van der Waals surface area contributed by atoms with Crippen molar-refractivity contribution in [3.05, 3.63) is 65.2 Å². The van der Waals surface area contributed by atoms with E-state index in [1.807, 2.05) is 0 Å². The van der Waals surface area contributed by atoms with Crippen molar-refractivity contribution < 1.29 is 40.7 Å². The van der Waals surface area contributed by atoms with Crippen LogP contribution in [0.25, 0.3) is 22.2 Å². The SMILES string of the molecule is [2H]C([2H])([2H])N1C(=O)c2cccc(OC(F)F)c2[C@H]2C[C@@H]1c1nc3ccc(-c4cnc(N5CC(O)(C(F)(F)F)C5)nc4C)cc3n12. The summed E-state index contributed by atoms with van der Waals surface area (Å²) in [5.74, 6) is -0.799. The molecule has 0 radical (unpaired) electrons. The Labute approximate surface area is 239 Å². The van der Waals surface area contributed by atoms with E-state index in [1.165, 1.54) is 29.3 Å². The number of imidazole rings is 1. The second-order valence-corrected chi connectivity index (χ2v) is 10.6. The largest absolute Gasteiger partial charge is 0.434 e. The summed E-state index contributed by atoms with van der Waals surface area (Å²) in [6.45, 7) is -5.79. The van der Waals surface area contributed by atoms with Crippen LogP contribution in [0.2, 0.25) is 0 Å². The summed E-state index contributed by atoms with van der Waals surface area (Å²) in [5, 5.41) is 9.79. The number of nitrogens with zero attached hydrogens (tertiary/aromatic N) is 6. The Kier molecular flexibility index (Phi) is 4.89. The minimum Gasteiger partial charge on any atom is -0.434 e. The zero-order valence-corrected chi connectivity index (χ0v) is 21.7. The van der Waals surface area contributed by atoms with Gasteiger partial charge in [0.25, 0.3) is 5.91 Å². The molecule has 5 heterocycles. The predicted octanol–water partition coefficient (Wildman–Crippen LogP) is 4.64. The van der Waals surface area contributed by atoms with Crippen LogP contribution >= 0.6 is 0 Å². The van der Waals surface area contributed by atoms with Gasteiger partial charge in [0.15, 0.2) is 5.60 Å². The molecule has 2 atom stereocenters. The van der Waals surface area contributed by atoms with E-state index in [1.54, 1.807) is 29.7 Å². The third-order valence-electron chi connectivity index (χ3n) is 8.14. The van der Waals surface area contributed by atoms with Gasteiger partial charge in [-0.3, -0.25) is 4.79 Å². The molecular weight excluding hydrogens is 563 g/mol. The monoisotopic (exact) mass is 589 g/mol. The number of carbonyl (C=O) groups excluding carboxylic acids is 1. The minimum absolute atomic E-state index is 0.0270. The number of hydrogen-bond acceptors (Lipinski definition) is 7. The third-order valence-corrected chi connectivity index (χ3v) is 8.14. The smallest absolute Gasteiger partial charge is 0.420 e. The fourth-order valence-electron chi connectivity index (χ4n) is 6.07. The van der Waals surface area contributed by atoms with E-state index >= 15 is 0 Å². The number of anilines is 1. The predicted molar refractivity (Wildman–Crippen MR) is 139 cm³/mol. The molecule has 1 N–H and O–H groups in total. The molecule has 42 heavy (non-hydrogen) atoms. The quantitative estimate of drug-likeness (QED) is 0.347. The number of halogens is 5. The van der Waals surface area contributed by atoms with Crippen molar-refractivity contribution in [2.24, 2.45) is 0 Å². The maximum Gasteiger partial charge on any atom is 0.420 e. The molecule has 218 valence electrons. The van der Waals surface area contributed by atoms with E-state index in [0.29, 0.717) is 27.9 Å². The maximum atomic E-state index is 13.6. The van der Waals surface area contributed by atoms with Crippen LogP contribution in [0.5, 0.6) is 5.75 Å². The van der Waals surface area contributed by atoms with Gasteiger partial charge in [-0.2, -0.15) is 22.0 Å². The first-order chi connectivity index (χ1) is 21.1. The van der Waals surface area contributed by atoms with Crippen molar-refractivity contribution in [1.29, 1.82) is 0 Å². The summed E-state index contributed by atoms with van der Waals surface area (Å²) in [4.78, 5) is 28.8. The van der Waals surface area contributed by atoms with Gasteiger partial charge in [0.2, 0.25) is 5.95 Å². The van der Waals surface area contributed by atoms with Gasteiger partial charge in [-0.25, -0.2) is 15.0 Å². The number of benzene rings is 2. The van der Waals surface area contributed by atoms with Crippen molar-refractivity contribution in [1.82, 2.24) is 24.4 Å². The van der Waals surface area contributed by atoms with Gasteiger partial charge in [0.1, 0.15) is 11.6 Å². The van der Waals surface area contributed by atoms with Crippen molar-refractivity contribution in [3.8, 4) is 16.9 Å². The Morgan fingerprint density at radius 2 is 1.93 bits per heavy atom. The van der Waals surface area contributed by atoms with Crippen molar-refractivity contribution in [2.75, 3.05) is 25.0 Å². The molecule has 9 nitrogen and oxygen atoms in total. The fraction of sp³-hybridized carbons (Fsp3) is 0.357. The molecule has 4 aromatic rings. The van der Waals surface area contributed by atoms with Crippen molar-refractivity contribution in [2.45, 2.75) is 43.8 Å². The number of hydrogen-bond donors (Lipinski definition) is 1. The lowest BCUT2D eigenvalue weighted by Gasteiger charge is -2.46. The van der Waals surface area contributed by atoms with Crippen LogP contribution in [-0.4, -0.2) is 73.9 Å². The second-order valence-electron chi connectivity index (χ2n) is 10.6. The number of alkyl halides is 5. The highest BCUT2D eigenvalue weighted by molar-refractivity contribution is 5.98. The Balaban J connectivity index is 1.32. The number of rotatable bonds is 4. The third kappa shape index (κ3) is 3.77.